The molecule has 1 aliphatic heterocycles. The monoisotopic (exact) mass is 452 g/mol. The van der Waals surface area contributed by atoms with E-state index in [4.69, 9.17) is 0 Å². The number of benzene rings is 2. The third-order valence-corrected chi connectivity index (χ3v) is 14.7. The Morgan fingerprint density at radius 3 is 0.933 bits per heavy atom. The molecular formula is C26H28Si4. The Morgan fingerprint density at radius 2 is 0.667 bits per heavy atom. The largest absolute Gasteiger partial charge is 0.241 e. The van der Waals surface area contributed by atoms with Gasteiger partial charge in [-0.2, -0.15) is 0 Å². The van der Waals surface area contributed by atoms with Gasteiger partial charge >= 0.3 is 0 Å². The Bertz CT molecular complexity index is 1030. The summed E-state index contributed by atoms with van der Waals surface area (Å²) in [5.74, 6) is 0. The van der Waals surface area contributed by atoms with Crippen molar-refractivity contribution in [2.24, 2.45) is 0 Å². The molecule has 0 spiro atoms. The molecule has 1 heterocycles. The van der Waals surface area contributed by atoms with Crippen LogP contribution in [0.15, 0.2) is 60.7 Å². The Balaban J connectivity index is 2.21. The van der Waals surface area contributed by atoms with Gasteiger partial charge in [-0.15, -0.1) is 44.3 Å². The highest BCUT2D eigenvalue weighted by Gasteiger charge is 2.31. The summed E-state index contributed by atoms with van der Waals surface area (Å²) in [6.45, 7) is 13.5. The molecule has 30 heavy (non-hydrogen) atoms. The van der Waals surface area contributed by atoms with Crippen molar-refractivity contribution < 1.29 is 0 Å². The fourth-order valence-corrected chi connectivity index (χ4v) is 14.6. The van der Waals surface area contributed by atoms with Crippen LogP contribution in [0.2, 0.25) is 39.3 Å². The summed E-state index contributed by atoms with van der Waals surface area (Å²) in [6.07, 6.45) is 0. The minimum Gasteiger partial charge on any atom is -0.121 e. The normalized spacial score (nSPS) is 25.8. The van der Waals surface area contributed by atoms with Crippen LogP contribution in [0.4, 0.5) is 0 Å². The van der Waals surface area contributed by atoms with Crippen molar-refractivity contribution in [3.63, 3.8) is 0 Å². The van der Waals surface area contributed by atoms with Gasteiger partial charge in [-0.05, 0) is 49.7 Å². The number of hydrogen-bond acceptors (Lipinski definition) is 0. The summed E-state index contributed by atoms with van der Waals surface area (Å²) in [4.78, 5) is 0. The minimum absolute atomic E-state index is 1.28. The van der Waals surface area contributed by atoms with Crippen LogP contribution in [0.3, 0.4) is 0 Å². The molecule has 0 bridgehead atoms. The molecule has 1 aliphatic rings. The standard InChI is InChI=1S/C26H28Si4/c1-27(2)17-21-29(5,25-13-9-7-10-14-25)23-19-28(3,4)20-24-30(6,22-18-27)26-15-11-8-12-16-26/h7-16H,1-6H3. The molecular weight excluding hydrogens is 425 g/mol. The zero-order valence-corrected chi connectivity index (χ0v) is 22.8. The van der Waals surface area contributed by atoms with Crippen molar-refractivity contribution in [3.05, 3.63) is 60.7 Å². The van der Waals surface area contributed by atoms with E-state index in [0.717, 1.165) is 0 Å². The van der Waals surface area contributed by atoms with Gasteiger partial charge in [0.15, 0.2) is 0 Å². The van der Waals surface area contributed by atoms with E-state index in [0.29, 0.717) is 0 Å². The van der Waals surface area contributed by atoms with Crippen LogP contribution in [-0.2, 0) is 0 Å². The number of rotatable bonds is 2. The Kier molecular flexibility index (Phi) is 6.19. The lowest BCUT2D eigenvalue weighted by atomic mass is 10.4. The van der Waals surface area contributed by atoms with Crippen molar-refractivity contribution in [3.8, 4) is 44.3 Å². The lowest BCUT2D eigenvalue weighted by Crippen LogP contribution is -2.45. The molecule has 0 atom stereocenters. The maximum atomic E-state index is 3.69. The van der Waals surface area contributed by atoms with Crippen LogP contribution in [0, 0.1) is 44.3 Å². The van der Waals surface area contributed by atoms with Crippen LogP contribution in [-0.4, -0.2) is 32.3 Å². The summed E-state index contributed by atoms with van der Waals surface area (Å²) < 4.78 is 0. The van der Waals surface area contributed by atoms with Crippen LogP contribution in [0.1, 0.15) is 0 Å². The third kappa shape index (κ3) is 5.37. The first kappa shape index (κ1) is 22.2. The maximum absolute atomic E-state index is 3.69. The third-order valence-electron chi connectivity index (χ3n) is 5.20. The molecule has 3 rings (SSSR count). The Labute approximate surface area is 186 Å². The predicted octanol–water partition coefficient (Wildman–Crippen LogP) is 3.72. The second kappa shape index (κ2) is 8.35. The maximum Gasteiger partial charge on any atom is 0.241 e. The van der Waals surface area contributed by atoms with Gasteiger partial charge in [0, 0.05) is 0 Å². The highest BCUT2D eigenvalue weighted by Crippen LogP contribution is 2.09. The fraction of sp³-hybridized carbons (Fsp3) is 0.231. The summed E-state index contributed by atoms with van der Waals surface area (Å²) in [5, 5.41) is 2.56. The van der Waals surface area contributed by atoms with Crippen molar-refractivity contribution in [2.75, 3.05) is 0 Å². The summed E-state index contributed by atoms with van der Waals surface area (Å²) in [5.41, 5.74) is 29.3. The van der Waals surface area contributed by atoms with E-state index in [1.807, 2.05) is 0 Å². The molecule has 0 fully saturated rings. The van der Waals surface area contributed by atoms with Gasteiger partial charge in [0.2, 0.25) is 32.3 Å². The van der Waals surface area contributed by atoms with Gasteiger partial charge in [0.25, 0.3) is 0 Å². The topological polar surface area (TPSA) is 0 Å². The summed E-state index contributed by atoms with van der Waals surface area (Å²) >= 11 is 0. The van der Waals surface area contributed by atoms with Crippen LogP contribution >= 0.6 is 0 Å². The molecule has 0 unspecified atom stereocenters. The van der Waals surface area contributed by atoms with E-state index in [1.165, 1.54) is 10.4 Å². The van der Waals surface area contributed by atoms with E-state index in [2.05, 4.69) is 144 Å². The van der Waals surface area contributed by atoms with Crippen LogP contribution in [0.5, 0.6) is 0 Å². The van der Waals surface area contributed by atoms with E-state index in [9.17, 15) is 0 Å². The average Bonchev–Trinajstić information content (AvgIpc) is 2.75. The zero-order chi connectivity index (χ0) is 21.9. The molecule has 2 aromatic rings. The van der Waals surface area contributed by atoms with Gasteiger partial charge in [0.1, 0.15) is 0 Å². The fourth-order valence-electron chi connectivity index (χ4n) is 3.08. The van der Waals surface area contributed by atoms with E-state index >= 15 is 0 Å². The van der Waals surface area contributed by atoms with Crippen molar-refractivity contribution in [1.82, 2.24) is 0 Å². The van der Waals surface area contributed by atoms with E-state index in [1.54, 1.807) is 0 Å². The van der Waals surface area contributed by atoms with E-state index in [-0.39, 0.29) is 0 Å². The molecule has 0 saturated carbocycles. The summed E-state index contributed by atoms with van der Waals surface area (Å²) in [6, 6.07) is 21.2. The van der Waals surface area contributed by atoms with Gasteiger partial charge in [0.05, 0.1) is 0 Å². The molecule has 4 heteroatoms. The van der Waals surface area contributed by atoms with Crippen LogP contribution < -0.4 is 10.4 Å². The Hall–Kier alpha value is -2.45. The van der Waals surface area contributed by atoms with Crippen LogP contribution in [0.25, 0.3) is 0 Å². The molecule has 2 aromatic carbocycles. The van der Waals surface area contributed by atoms with Gasteiger partial charge in [-0.1, -0.05) is 60.7 Å². The smallest absolute Gasteiger partial charge is 0.121 e. The minimum atomic E-state index is -2.24. The molecule has 148 valence electrons. The second-order valence-corrected chi connectivity index (χ2v) is 23.4. The van der Waals surface area contributed by atoms with Crippen molar-refractivity contribution in [1.29, 1.82) is 0 Å². The zero-order valence-electron chi connectivity index (χ0n) is 18.8. The first-order chi connectivity index (χ1) is 14.0. The quantitative estimate of drug-likeness (QED) is 0.481. The molecule has 0 radical (unpaired) electrons. The van der Waals surface area contributed by atoms with Crippen molar-refractivity contribution >= 4 is 42.7 Å². The predicted molar refractivity (Wildman–Crippen MR) is 141 cm³/mol. The molecule has 0 nitrogen and oxygen atoms in total. The second-order valence-electron chi connectivity index (χ2n) is 9.23. The number of hydrogen-bond donors (Lipinski definition) is 0. The molecule has 0 N–H and O–H groups in total. The molecule has 0 aromatic heterocycles. The van der Waals surface area contributed by atoms with Gasteiger partial charge < -0.3 is 0 Å². The van der Waals surface area contributed by atoms with Gasteiger partial charge in [-0.25, -0.2) is 0 Å². The first-order valence-electron chi connectivity index (χ1n) is 10.3. The molecule has 0 saturated heterocycles. The average molecular weight is 453 g/mol. The SMILES string of the molecule is C[Si]1(C)C#C[Si](C)(c2ccccc2)C#C[Si](C)(C)C#C[Si](C)(c2ccccc2)C#C1. The first-order valence-corrected chi connectivity index (χ1v) is 21.3. The molecule has 0 aliphatic carbocycles. The Morgan fingerprint density at radius 1 is 0.400 bits per heavy atom. The lowest BCUT2D eigenvalue weighted by molar-refractivity contribution is 1.74. The van der Waals surface area contributed by atoms with Gasteiger partial charge in [-0.3, -0.25) is 0 Å². The highest BCUT2D eigenvalue weighted by atomic mass is 28.3. The van der Waals surface area contributed by atoms with E-state index < -0.39 is 32.3 Å². The van der Waals surface area contributed by atoms with Crippen molar-refractivity contribution in [2.45, 2.75) is 39.3 Å². The molecule has 0 amide bonds. The lowest BCUT2D eigenvalue weighted by Gasteiger charge is -2.19. The highest BCUT2D eigenvalue weighted by molar-refractivity contribution is 7.09. The summed E-state index contributed by atoms with van der Waals surface area (Å²) in [7, 11) is -8.53.